The molecule has 0 aliphatic heterocycles. The van der Waals surface area contributed by atoms with Gasteiger partial charge in [-0.05, 0) is 18.8 Å². The molecule has 0 aromatic rings. The minimum Gasteiger partial charge on any atom is -0.355 e. The molecule has 96 valence electrons. The molecule has 0 saturated heterocycles. The van der Waals surface area contributed by atoms with Crippen LogP contribution in [0.3, 0.4) is 0 Å². The van der Waals surface area contributed by atoms with Crippen LogP contribution in [0.25, 0.3) is 0 Å². The Morgan fingerprint density at radius 2 is 1.88 bits per heavy atom. The summed E-state index contributed by atoms with van der Waals surface area (Å²) in [6.07, 6.45) is -4.58. The summed E-state index contributed by atoms with van der Waals surface area (Å²) in [5.74, 6) is -0.280. The zero-order chi connectivity index (χ0) is 12.8. The van der Waals surface area contributed by atoms with Crippen LogP contribution in [0, 0.1) is 5.92 Å². The first kappa shape index (κ1) is 15.2. The van der Waals surface area contributed by atoms with Crippen LogP contribution >= 0.6 is 0 Å². The maximum absolute atomic E-state index is 11.8. The lowest BCUT2D eigenvalue weighted by Gasteiger charge is -2.15. The van der Waals surface area contributed by atoms with Crippen LogP contribution in [0.4, 0.5) is 13.2 Å². The number of carbonyl (C=O) groups is 1. The Morgan fingerprint density at radius 3 is 2.31 bits per heavy atom. The average molecular weight is 240 g/mol. The first-order valence-electron chi connectivity index (χ1n) is 5.34. The molecule has 0 bridgehead atoms. The number of rotatable bonds is 6. The van der Waals surface area contributed by atoms with Crippen molar-refractivity contribution in [1.29, 1.82) is 0 Å². The maximum atomic E-state index is 11.8. The summed E-state index contributed by atoms with van der Waals surface area (Å²) >= 11 is 0. The van der Waals surface area contributed by atoms with Gasteiger partial charge in [0, 0.05) is 13.0 Å². The molecule has 0 rings (SSSR count). The number of nitrogens with two attached hydrogens (primary N) is 1. The molecular weight excluding hydrogens is 221 g/mol. The van der Waals surface area contributed by atoms with E-state index < -0.39 is 18.6 Å². The lowest BCUT2D eigenvalue weighted by Crippen LogP contribution is -2.44. The number of alkyl halides is 3. The highest BCUT2D eigenvalue weighted by atomic mass is 19.4. The van der Waals surface area contributed by atoms with E-state index in [9.17, 15) is 18.0 Å². The van der Waals surface area contributed by atoms with Crippen LogP contribution in [0.15, 0.2) is 0 Å². The molecule has 1 amide bonds. The number of nitrogens with one attached hydrogen (secondary N) is 1. The molecule has 0 aliphatic carbocycles. The van der Waals surface area contributed by atoms with E-state index in [0.717, 1.165) is 0 Å². The molecule has 0 aromatic carbocycles. The van der Waals surface area contributed by atoms with Crippen molar-refractivity contribution >= 4 is 5.91 Å². The molecule has 6 heteroatoms. The van der Waals surface area contributed by atoms with Crippen LogP contribution in [-0.2, 0) is 4.79 Å². The van der Waals surface area contributed by atoms with E-state index in [0.29, 0.717) is 6.42 Å². The Labute approximate surface area is 93.6 Å². The van der Waals surface area contributed by atoms with Crippen LogP contribution < -0.4 is 11.1 Å². The van der Waals surface area contributed by atoms with Crippen molar-refractivity contribution < 1.29 is 18.0 Å². The summed E-state index contributed by atoms with van der Waals surface area (Å²) in [6.45, 7) is 3.87. The summed E-state index contributed by atoms with van der Waals surface area (Å²) in [5, 5.41) is 2.52. The van der Waals surface area contributed by atoms with Crippen LogP contribution in [0.5, 0.6) is 0 Å². The van der Waals surface area contributed by atoms with Crippen molar-refractivity contribution in [3.05, 3.63) is 0 Å². The van der Waals surface area contributed by atoms with Gasteiger partial charge in [-0.2, -0.15) is 13.2 Å². The van der Waals surface area contributed by atoms with Gasteiger partial charge in [0.25, 0.3) is 0 Å². The lowest BCUT2D eigenvalue weighted by molar-refractivity contribution is -0.135. The molecule has 0 fully saturated rings. The van der Waals surface area contributed by atoms with Crippen molar-refractivity contribution in [2.24, 2.45) is 11.7 Å². The van der Waals surface area contributed by atoms with Crippen molar-refractivity contribution in [2.75, 3.05) is 6.54 Å². The van der Waals surface area contributed by atoms with Gasteiger partial charge in [0.05, 0.1) is 6.04 Å². The van der Waals surface area contributed by atoms with Gasteiger partial charge in [0.1, 0.15) is 0 Å². The van der Waals surface area contributed by atoms with E-state index in [2.05, 4.69) is 5.32 Å². The number of carbonyl (C=O) groups excluding carboxylic acids is 1. The number of amides is 1. The first-order chi connectivity index (χ1) is 7.24. The molecule has 0 radical (unpaired) electrons. The minimum atomic E-state index is -4.11. The third-order valence-corrected chi connectivity index (χ3v) is 2.21. The van der Waals surface area contributed by atoms with Crippen LogP contribution in [0.2, 0.25) is 0 Å². The number of halogens is 3. The molecule has 1 unspecified atom stereocenters. The molecule has 1 atom stereocenters. The smallest absolute Gasteiger partial charge is 0.355 e. The normalized spacial score (nSPS) is 13.9. The Morgan fingerprint density at radius 1 is 1.31 bits per heavy atom. The molecular formula is C10H19F3N2O. The molecule has 16 heavy (non-hydrogen) atoms. The van der Waals surface area contributed by atoms with E-state index in [-0.39, 0.29) is 24.8 Å². The van der Waals surface area contributed by atoms with Gasteiger partial charge in [-0.3, -0.25) is 4.79 Å². The monoisotopic (exact) mass is 240 g/mol. The summed E-state index contributed by atoms with van der Waals surface area (Å²) in [5.41, 5.74) is 5.55. The third kappa shape index (κ3) is 7.50. The number of hydrogen-bond donors (Lipinski definition) is 2. The van der Waals surface area contributed by atoms with Gasteiger partial charge >= 0.3 is 6.18 Å². The predicted molar refractivity (Wildman–Crippen MR) is 55.7 cm³/mol. The number of hydrogen-bond acceptors (Lipinski definition) is 2. The molecule has 3 N–H and O–H groups in total. The quantitative estimate of drug-likeness (QED) is 0.696. The molecule has 0 saturated carbocycles. The molecule has 0 spiro atoms. The second-order valence-corrected chi connectivity index (χ2v) is 4.13. The molecule has 0 heterocycles. The average Bonchev–Trinajstić information content (AvgIpc) is 2.13. The fourth-order valence-electron chi connectivity index (χ4n) is 1.08. The van der Waals surface area contributed by atoms with Crippen molar-refractivity contribution in [2.45, 2.75) is 45.3 Å². The van der Waals surface area contributed by atoms with Crippen LogP contribution in [0.1, 0.15) is 33.1 Å². The van der Waals surface area contributed by atoms with E-state index in [4.69, 9.17) is 5.73 Å². The topological polar surface area (TPSA) is 55.1 Å². The molecule has 0 aliphatic rings. The lowest BCUT2D eigenvalue weighted by atomic mass is 10.1. The summed E-state index contributed by atoms with van der Waals surface area (Å²) in [4.78, 5) is 11.3. The SMILES string of the molecule is CC(C)C(N)C(=O)NCCCCC(F)(F)F. The van der Waals surface area contributed by atoms with E-state index >= 15 is 0 Å². The Kier molecular flexibility index (Phi) is 6.40. The first-order valence-corrected chi connectivity index (χ1v) is 5.34. The van der Waals surface area contributed by atoms with Gasteiger partial charge in [-0.1, -0.05) is 13.8 Å². The Hall–Kier alpha value is -0.780. The second kappa shape index (κ2) is 6.73. The van der Waals surface area contributed by atoms with Crippen LogP contribution in [-0.4, -0.2) is 24.7 Å². The summed E-state index contributed by atoms with van der Waals surface area (Å²) in [7, 11) is 0. The van der Waals surface area contributed by atoms with Gasteiger partial charge in [0.2, 0.25) is 5.91 Å². The summed E-state index contributed by atoms with van der Waals surface area (Å²) < 4.78 is 35.3. The molecule has 3 nitrogen and oxygen atoms in total. The van der Waals surface area contributed by atoms with Gasteiger partial charge in [-0.25, -0.2) is 0 Å². The fraction of sp³-hybridized carbons (Fsp3) is 0.900. The highest BCUT2D eigenvalue weighted by Gasteiger charge is 2.25. The predicted octanol–water partition coefficient (Wildman–Crippen LogP) is 1.82. The highest BCUT2D eigenvalue weighted by Crippen LogP contribution is 2.21. The van der Waals surface area contributed by atoms with Gasteiger partial charge in [0.15, 0.2) is 0 Å². The van der Waals surface area contributed by atoms with E-state index in [1.807, 2.05) is 13.8 Å². The van der Waals surface area contributed by atoms with Crippen molar-refractivity contribution in [3.8, 4) is 0 Å². The zero-order valence-corrected chi connectivity index (χ0v) is 9.60. The Bertz CT molecular complexity index is 217. The largest absolute Gasteiger partial charge is 0.389 e. The standard InChI is InChI=1S/C10H19F3N2O/c1-7(2)8(14)9(16)15-6-4-3-5-10(11,12)13/h7-8H,3-6,14H2,1-2H3,(H,15,16). The maximum Gasteiger partial charge on any atom is 0.389 e. The number of unbranched alkanes of at least 4 members (excludes halogenated alkanes) is 1. The second-order valence-electron chi connectivity index (χ2n) is 4.13. The summed E-state index contributed by atoms with van der Waals surface area (Å²) in [6, 6.07) is -0.595. The Balaban J connectivity index is 3.56. The van der Waals surface area contributed by atoms with Crippen molar-refractivity contribution in [1.82, 2.24) is 5.32 Å². The van der Waals surface area contributed by atoms with E-state index in [1.165, 1.54) is 0 Å². The van der Waals surface area contributed by atoms with Gasteiger partial charge < -0.3 is 11.1 Å². The third-order valence-electron chi connectivity index (χ3n) is 2.21. The minimum absolute atomic E-state index is 0.0233. The highest BCUT2D eigenvalue weighted by molar-refractivity contribution is 5.81. The van der Waals surface area contributed by atoms with E-state index in [1.54, 1.807) is 0 Å². The van der Waals surface area contributed by atoms with Gasteiger partial charge in [-0.15, -0.1) is 0 Å². The molecule has 0 aromatic heterocycles. The zero-order valence-electron chi connectivity index (χ0n) is 9.60. The van der Waals surface area contributed by atoms with Crippen molar-refractivity contribution in [3.63, 3.8) is 0 Å². The fourth-order valence-corrected chi connectivity index (χ4v) is 1.08.